The highest BCUT2D eigenvalue weighted by atomic mass is 79.9. The molecule has 1 N–H and O–H groups in total. The lowest BCUT2D eigenvalue weighted by Crippen LogP contribution is -2.40. The Hall–Kier alpha value is -2.67. The SMILES string of the molecule is COc1ccc([C@@]2(C)NC(=O)N(/N=C\c3ccccc3Br)C2=O)cc1. The number of nitrogens with zero attached hydrogens (tertiary/aromatic N) is 2. The van der Waals surface area contributed by atoms with Crippen LogP contribution in [0, 0.1) is 0 Å². The van der Waals surface area contributed by atoms with Crippen molar-refractivity contribution in [2.75, 3.05) is 7.11 Å². The van der Waals surface area contributed by atoms with Crippen molar-refractivity contribution in [2.24, 2.45) is 5.10 Å². The van der Waals surface area contributed by atoms with Gasteiger partial charge in [-0.15, -0.1) is 5.01 Å². The minimum absolute atomic E-state index is 0.439. The van der Waals surface area contributed by atoms with Crippen LogP contribution in [-0.2, 0) is 10.3 Å². The van der Waals surface area contributed by atoms with Crippen LogP contribution in [0.2, 0.25) is 0 Å². The highest BCUT2D eigenvalue weighted by Crippen LogP contribution is 2.30. The molecule has 0 unspecified atom stereocenters. The lowest BCUT2D eigenvalue weighted by molar-refractivity contribution is -0.131. The van der Waals surface area contributed by atoms with Crippen molar-refractivity contribution in [1.82, 2.24) is 10.3 Å². The lowest BCUT2D eigenvalue weighted by Gasteiger charge is -2.21. The van der Waals surface area contributed by atoms with Crippen LogP contribution in [0.4, 0.5) is 4.79 Å². The first-order valence-corrected chi connectivity index (χ1v) is 8.35. The standard InChI is InChI=1S/C18H16BrN3O3/c1-18(13-7-9-14(25-2)10-8-13)16(23)22(17(24)21-18)20-11-12-5-3-4-6-15(12)19/h3-11H,1-2H3,(H,21,24)/b20-11-/t18-/m1/s1. The van der Waals surface area contributed by atoms with Crippen LogP contribution >= 0.6 is 15.9 Å². The van der Waals surface area contributed by atoms with Gasteiger partial charge in [-0.05, 0) is 30.7 Å². The van der Waals surface area contributed by atoms with Gasteiger partial charge in [-0.2, -0.15) is 5.10 Å². The van der Waals surface area contributed by atoms with E-state index in [-0.39, 0.29) is 0 Å². The van der Waals surface area contributed by atoms with Crippen molar-refractivity contribution in [3.63, 3.8) is 0 Å². The smallest absolute Gasteiger partial charge is 0.346 e. The third-order valence-electron chi connectivity index (χ3n) is 4.05. The second-order valence-corrected chi connectivity index (χ2v) is 6.52. The van der Waals surface area contributed by atoms with E-state index in [0.717, 1.165) is 15.0 Å². The number of ether oxygens (including phenoxy) is 1. The summed E-state index contributed by atoms with van der Waals surface area (Å²) in [5.41, 5.74) is 0.251. The average Bonchev–Trinajstić information content (AvgIpc) is 2.84. The summed E-state index contributed by atoms with van der Waals surface area (Å²) in [5, 5.41) is 7.62. The van der Waals surface area contributed by atoms with Crippen LogP contribution in [0.1, 0.15) is 18.1 Å². The largest absolute Gasteiger partial charge is 0.497 e. The molecule has 0 aliphatic carbocycles. The summed E-state index contributed by atoms with van der Waals surface area (Å²) < 4.78 is 5.94. The predicted molar refractivity (Wildman–Crippen MR) is 97.5 cm³/mol. The number of urea groups is 1. The minimum Gasteiger partial charge on any atom is -0.497 e. The molecule has 1 fully saturated rings. The van der Waals surface area contributed by atoms with Gasteiger partial charge >= 0.3 is 6.03 Å². The molecule has 0 aromatic heterocycles. The summed E-state index contributed by atoms with van der Waals surface area (Å²) in [6.45, 7) is 1.66. The molecular weight excluding hydrogens is 386 g/mol. The van der Waals surface area contributed by atoms with Gasteiger partial charge in [0.25, 0.3) is 5.91 Å². The third kappa shape index (κ3) is 3.15. The third-order valence-corrected chi connectivity index (χ3v) is 4.78. The van der Waals surface area contributed by atoms with E-state index in [4.69, 9.17) is 4.74 Å². The zero-order chi connectivity index (χ0) is 18.0. The van der Waals surface area contributed by atoms with E-state index in [1.807, 2.05) is 24.3 Å². The van der Waals surface area contributed by atoms with E-state index < -0.39 is 17.5 Å². The Labute approximate surface area is 153 Å². The number of hydrazone groups is 1. The fourth-order valence-corrected chi connectivity index (χ4v) is 2.94. The number of imide groups is 1. The zero-order valence-electron chi connectivity index (χ0n) is 13.7. The van der Waals surface area contributed by atoms with Crippen LogP contribution in [0.15, 0.2) is 58.1 Å². The average molecular weight is 402 g/mol. The Kier molecular flexibility index (Phi) is 4.59. The minimum atomic E-state index is -1.17. The number of hydrogen-bond donors (Lipinski definition) is 1. The molecule has 0 saturated carbocycles. The van der Waals surface area contributed by atoms with Crippen LogP contribution in [0.25, 0.3) is 0 Å². The van der Waals surface area contributed by atoms with Crippen molar-refractivity contribution in [1.29, 1.82) is 0 Å². The van der Waals surface area contributed by atoms with E-state index in [1.165, 1.54) is 6.21 Å². The Morgan fingerprint density at radius 3 is 2.48 bits per heavy atom. The number of nitrogens with one attached hydrogen (secondary N) is 1. The monoisotopic (exact) mass is 401 g/mol. The van der Waals surface area contributed by atoms with Gasteiger partial charge < -0.3 is 10.1 Å². The predicted octanol–water partition coefficient (Wildman–Crippen LogP) is 3.26. The molecule has 0 spiro atoms. The molecule has 7 heteroatoms. The molecule has 2 aromatic rings. The summed E-state index contributed by atoms with van der Waals surface area (Å²) in [4.78, 5) is 25.0. The summed E-state index contributed by atoms with van der Waals surface area (Å²) in [5.74, 6) is 0.235. The second kappa shape index (κ2) is 6.68. The van der Waals surface area contributed by atoms with E-state index in [9.17, 15) is 9.59 Å². The Balaban J connectivity index is 1.87. The number of halogens is 1. The van der Waals surface area contributed by atoms with Gasteiger partial charge in [0.05, 0.1) is 13.3 Å². The second-order valence-electron chi connectivity index (χ2n) is 5.67. The quantitative estimate of drug-likeness (QED) is 0.631. The maximum Gasteiger partial charge on any atom is 0.346 e. The first kappa shape index (κ1) is 17.2. The van der Waals surface area contributed by atoms with Crippen molar-refractivity contribution < 1.29 is 14.3 Å². The molecule has 1 heterocycles. The molecule has 1 saturated heterocycles. The van der Waals surface area contributed by atoms with E-state index in [0.29, 0.717) is 11.3 Å². The highest BCUT2D eigenvalue weighted by Gasteiger charge is 2.49. The molecular formula is C18H16BrN3O3. The van der Waals surface area contributed by atoms with Crippen LogP contribution in [0.5, 0.6) is 5.75 Å². The molecule has 1 aliphatic heterocycles. The summed E-state index contributed by atoms with van der Waals surface area (Å²) in [7, 11) is 1.57. The van der Waals surface area contributed by atoms with E-state index in [1.54, 1.807) is 38.3 Å². The molecule has 25 heavy (non-hydrogen) atoms. The molecule has 1 aliphatic rings. The van der Waals surface area contributed by atoms with Gasteiger partial charge in [-0.25, -0.2) is 4.79 Å². The number of amides is 3. The molecule has 1 atom stereocenters. The summed E-state index contributed by atoms with van der Waals surface area (Å²) in [6, 6.07) is 13.8. The van der Waals surface area contributed by atoms with Gasteiger partial charge in [0, 0.05) is 10.0 Å². The zero-order valence-corrected chi connectivity index (χ0v) is 15.3. The number of carbonyl (C=O) groups excluding carboxylic acids is 2. The molecule has 2 aromatic carbocycles. The molecule has 128 valence electrons. The first-order chi connectivity index (χ1) is 12.0. The molecule has 0 radical (unpaired) electrons. The van der Waals surface area contributed by atoms with E-state index >= 15 is 0 Å². The molecule has 0 bridgehead atoms. The van der Waals surface area contributed by atoms with Crippen molar-refractivity contribution in [3.8, 4) is 5.75 Å². The van der Waals surface area contributed by atoms with Gasteiger partial charge in [-0.3, -0.25) is 4.79 Å². The highest BCUT2D eigenvalue weighted by molar-refractivity contribution is 9.10. The van der Waals surface area contributed by atoms with Crippen molar-refractivity contribution in [2.45, 2.75) is 12.5 Å². The first-order valence-electron chi connectivity index (χ1n) is 7.55. The van der Waals surface area contributed by atoms with Gasteiger partial charge in [-0.1, -0.05) is 46.3 Å². The fourth-order valence-electron chi connectivity index (χ4n) is 2.55. The Bertz CT molecular complexity index is 851. The fraction of sp³-hybridized carbons (Fsp3) is 0.167. The van der Waals surface area contributed by atoms with Crippen molar-refractivity contribution in [3.05, 3.63) is 64.1 Å². The maximum absolute atomic E-state index is 12.8. The van der Waals surface area contributed by atoms with Crippen LogP contribution in [-0.4, -0.2) is 30.3 Å². The maximum atomic E-state index is 12.8. The van der Waals surface area contributed by atoms with Gasteiger partial charge in [0.2, 0.25) is 0 Å². The van der Waals surface area contributed by atoms with Crippen LogP contribution in [0.3, 0.4) is 0 Å². The molecule has 6 nitrogen and oxygen atoms in total. The lowest BCUT2D eigenvalue weighted by atomic mass is 9.92. The van der Waals surface area contributed by atoms with Gasteiger partial charge in [0.15, 0.2) is 0 Å². The Morgan fingerprint density at radius 1 is 1.16 bits per heavy atom. The number of carbonyl (C=O) groups is 2. The van der Waals surface area contributed by atoms with Gasteiger partial charge in [0.1, 0.15) is 11.3 Å². The normalized spacial score (nSPS) is 20.2. The number of hydrogen-bond acceptors (Lipinski definition) is 4. The molecule has 3 amide bonds. The number of methoxy groups -OCH3 is 1. The van der Waals surface area contributed by atoms with Crippen molar-refractivity contribution >= 4 is 34.1 Å². The van der Waals surface area contributed by atoms with Crippen LogP contribution < -0.4 is 10.1 Å². The molecule has 3 rings (SSSR count). The number of benzene rings is 2. The summed E-state index contributed by atoms with van der Waals surface area (Å²) in [6.07, 6.45) is 1.47. The topological polar surface area (TPSA) is 71.0 Å². The van der Waals surface area contributed by atoms with E-state index in [2.05, 4.69) is 26.3 Å². The summed E-state index contributed by atoms with van der Waals surface area (Å²) >= 11 is 3.40. The number of rotatable bonds is 4. The Morgan fingerprint density at radius 2 is 1.84 bits per heavy atom.